The van der Waals surface area contributed by atoms with E-state index in [1.165, 1.54) is 6.07 Å². The quantitative estimate of drug-likeness (QED) is 0.564. The summed E-state index contributed by atoms with van der Waals surface area (Å²) in [6.45, 7) is 0. The fraction of sp³-hybridized carbons (Fsp3) is 0.0556. The Bertz CT molecular complexity index is 889. The van der Waals surface area contributed by atoms with Crippen LogP contribution < -0.4 is 0 Å². The first-order chi connectivity index (χ1) is 11.1. The van der Waals surface area contributed by atoms with E-state index in [1.807, 2.05) is 30.3 Å². The van der Waals surface area contributed by atoms with Gasteiger partial charge in [-0.25, -0.2) is 0 Å². The van der Waals surface area contributed by atoms with Gasteiger partial charge in [0, 0.05) is 16.8 Å². The number of amides is 1. The zero-order chi connectivity index (χ0) is 16.2. The maximum Gasteiger partial charge on any atom is 0.269 e. The van der Waals surface area contributed by atoms with Gasteiger partial charge in [0.15, 0.2) is 5.75 Å². The molecule has 0 fully saturated rings. The smallest absolute Gasteiger partial charge is 0.269 e. The molecule has 1 amide bonds. The zero-order valence-corrected chi connectivity index (χ0v) is 12.2. The van der Waals surface area contributed by atoms with Crippen LogP contribution in [0.5, 0.6) is 11.5 Å². The largest absolute Gasteiger partial charge is 0.507 e. The van der Waals surface area contributed by atoms with E-state index >= 15 is 0 Å². The summed E-state index contributed by atoms with van der Waals surface area (Å²) in [5, 5.41) is 28.5. The maximum absolute atomic E-state index is 11.8. The average Bonchev–Trinajstić information content (AvgIpc) is 2.58. The molecule has 114 valence electrons. The highest BCUT2D eigenvalue weighted by Gasteiger charge is 2.11. The number of aromatic hydroxyl groups is 2. The van der Waals surface area contributed by atoms with Gasteiger partial charge in [0.05, 0.1) is 6.42 Å². The summed E-state index contributed by atoms with van der Waals surface area (Å²) in [5.74, 6) is -0.569. The van der Waals surface area contributed by atoms with Crippen molar-refractivity contribution in [2.75, 3.05) is 0 Å². The van der Waals surface area contributed by atoms with Crippen molar-refractivity contribution in [2.45, 2.75) is 6.42 Å². The third-order valence-corrected chi connectivity index (χ3v) is 3.44. The number of carbonyl (C=O) groups excluding carboxylic acids is 1. The highest BCUT2D eigenvalue weighted by Crippen LogP contribution is 2.40. The van der Waals surface area contributed by atoms with Crippen molar-refractivity contribution in [2.24, 2.45) is 10.2 Å². The van der Waals surface area contributed by atoms with Crippen LogP contribution in [0.4, 0.5) is 5.69 Å². The van der Waals surface area contributed by atoms with Gasteiger partial charge in [-0.2, -0.15) is 0 Å². The van der Waals surface area contributed by atoms with E-state index in [0.29, 0.717) is 10.8 Å². The zero-order valence-electron chi connectivity index (χ0n) is 12.2. The third-order valence-electron chi connectivity index (χ3n) is 3.44. The molecule has 3 aromatic rings. The molecule has 5 nitrogen and oxygen atoms in total. The van der Waals surface area contributed by atoms with Gasteiger partial charge >= 0.3 is 0 Å². The predicted molar refractivity (Wildman–Crippen MR) is 86.9 cm³/mol. The molecule has 0 unspecified atom stereocenters. The number of hydrogen-bond acceptors (Lipinski definition) is 4. The van der Waals surface area contributed by atoms with Crippen LogP contribution in [0, 0.1) is 0 Å². The standard InChI is InChI=1S/C18H14N2O3/c21-16-11-15(18(23)14-9-5-4-8-13(14)16)19-20-17(22)10-12-6-2-1-3-7-12/h1-9,11,21,23H,10H2. The number of phenols is 2. The van der Waals surface area contributed by atoms with Gasteiger partial charge in [0.1, 0.15) is 11.4 Å². The van der Waals surface area contributed by atoms with Crippen molar-refractivity contribution in [3.63, 3.8) is 0 Å². The molecule has 0 radical (unpaired) electrons. The van der Waals surface area contributed by atoms with Gasteiger partial charge in [0.2, 0.25) is 0 Å². The van der Waals surface area contributed by atoms with Crippen LogP contribution >= 0.6 is 0 Å². The molecular weight excluding hydrogens is 292 g/mol. The number of rotatable bonds is 3. The van der Waals surface area contributed by atoms with Crippen LogP contribution in [-0.2, 0) is 11.2 Å². The highest BCUT2D eigenvalue weighted by molar-refractivity contribution is 5.96. The molecule has 0 aliphatic heterocycles. The number of phenolic OH excluding ortho intramolecular Hbond substituents is 2. The molecule has 23 heavy (non-hydrogen) atoms. The molecule has 0 atom stereocenters. The van der Waals surface area contributed by atoms with Gasteiger partial charge in [-0.05, 0) is 5.56 Å². The van der Waals surface area contributed by atoms with E-state index < -0.39 is 5.91 Å². The highest BCUT2D eigenvalue weighted by atomic mass is 16.3. The molecule has 3 rings (SSSR count). The Balaban J connectivity index is 1.86. The molecule has 0 aliphatic carbocycles. The van der Waals surface area contributed by atoms with Gasteiger partial charge < -0.3 is 10.2 Å². The fourth-order valence-corrected chi connectivity index (χ4v) is 2.32. The van der Waals surface area contributed by atoms with Crippen molar-refractivity contribution >= 4 is 22.4 Å². The Morgan fingerprint density at radius 1 is 0.913 bits per heavy atom. The lowest BCUT2D eigenvalue weighted by molar-refractivity contribution is -0.117. The predicted octanol–water partition coefficient (Wildman–Crippen LogP) is 4.10. The van der Waals surface area contributed by atoms with Crippen LogP contribution in [0.3, 0.4) is 0 Å². The summed E-state index contributed by atoms with van der Waals surface area (Å²) < 4.78 is 0. The second-order valence-corrected chi connectivity index (χ2v) is 5.07. The Labute approximate surface area is 132 Å². The van der Waals surface area contributed by atoms with Crippen molar-refractivity contribution in [3.05, 3.63) is 66.2 Å². The number of azo groups is 1. The number of carbonyl (C=O) groups is 1. The van der Waals surface area contributed by atoms with E-state index in [0.717, 1.165) is 5.56 Å². The summed E-state index contributed by atoms with van der Waals surface area (Å²) in [4.78, 5) is 11.8. The first kappa shape index (κ1) is 14.7. The molecule has 0 saturated heterocycles. The molecule has 5 heteroatoms. The Morgan fingerprint density at radius 2 is 1.57 bits per heavy atom. The summed E-state index contributed by atoms with van der Waals surface area (Å²) in [5.41, 5.74) is 0.893. The number of benzene rings is 3. The molecule has 3 aromatic carbocycles. The lowest BCUT2D eigenvalue weighted by Gasteiger charge is -2.05. The van der Waals surface area contributed by atoms with E-state index in [4.69, 9.17) is 0 Å². The second kappa shape index (κ2) is 6.27. The van der Waals surface area contributed by atoms with E-state index in [1.54, 1.807) is 24.3 Å². The van der Waals surface area contributed by atoms with E-state index in [9.17, 15) is 15.0 Å². The Morgan fingerprint density at radius 3 is 2.30 bits per heavy atom. The first-order valence-electron chi connectivity index (χ1n) is 7.07. The molecule has 2 N–H and O–H groups in total. The number of fused-ring (bicyclic) bond motifs is 1. The summed E-state index contributed by atoms with van der Waals surface area (Å²) >= 11 is 0. The van der Waals surface area contributed by atoms with Crippen molar-refractivity contribution in [1.29, 1.82) is 0 Å². The number of nitrogens with zero attached hydrogens (tertiary/aromatic N) is 2. The van der Waals surface area contributed by atoms with Gasteiger partial charge in [-0.1, -0.05) is 54.6 Å². The van der Waals surface area contributed by atoms with Crippen LogP contribution in [0.15, 0.2) is 70.9 Å². The van der Waals surface area contributed by atoms with Crippen molar-refractivity contribution in [3.8, 4) is 11.5 Å². The minimum Gasteiger partial charge on any atom is -0.507 e. The van der Waals surface area contributed by atoms with Gasteiger partial charge in [0.25, 0.3) is 5.91 Å². The second-order valence-electron chi connectivity index (χ2n) is 5.07. The van der Waals surface area contributed by atoms with E-state index in [2.05, 4.69) is 10.2 Å². The van der Waals surface area contributed by atoms with Crippen LogP contribution in [0.1, 0.15) is 5.56 Å². The fourth-order valence-electron chi connectivity index (χ4n) is 2.32. The molecule has 0 bridgehead atoms. The summed E-state index contributed by atoms with van der Waals surface area (Å²) in [6, 6.07) is 17.3. The Kier molecular flexibility index (Phi) is 4.01. The minimum absolute atomic E-state index is 0.0251. The molecule has 0 spiro atoms. The molecule has 0 saturated carbocycles. The molecular formula is C18H14N2O3. The minimum atomic E-state index is -0.428. The van der Waals surface area contributed by atoms with E-state index in [-0.39, 0.29) is 23.6 Å². The number of hydrogen-bond donors (Lipinski definition) is 2. The van der Waals surface area contributed by atoms with Crippen molar-refractivity contribution in [1.82, 2.24) is 0 Å². The van der Waals surface area contributed by atoms with Crippen molar-refractivity contribution < 1.29 is 15.0 Å². The summed E-state index contributed by atoms with van der Waals surface area (Å²) in [7, 11) is 0. The lowest BCUT2D eigenvalue weighted by atomic mass is 10.1. The lowest BCUT2D eigenvalue weighted by Crippen LogP contribution is -1.97. The Hall–Kier alpha value is -3.21. The maximum atomic E-state index is 11.8. The van der Waals surface area contributed by atoms with Gasteiger partial charge in [-0.3, -0.25) is 4.79 Å². The molecule has 0 aliphatic rings. The average molecular weight is 306 g/mol. The van der Waals surface area contributed by atoms with Crippen LogP contribution in [-0.4, -0.2) is 16.1 Å². The SMILES string of the molecule is O=C(Cc1ccccc1)N=Nc1cc(O)c2ccccc2c1O. The monoisotopic (exact) mass is 306 g/mol. The molecule has 0 heterocycles. The topological polar surface area (TPSA) is 82.2 Å². The van der Waals surface area contributed by atoms with Crippen LogP contribution in [0.2, 0.25) is 0 Å². The molecule has 0 aromatic heterocycles. The summed E-state index contributed by atoms with van der Waals surface area (Å²) in [6.07, 6.45) is 0.130. The normalized spacial score (nSPS) is 11.1. The van der Waals surface area contributed by atoms with Gasteiger partial charge in [-0.15, -0.1) is 10.2 Å². The van der Waals surface area contributed by atoms with Crippen LogP contribution in [0.25, 0.3) is 10.8 Å². The first-order valence-corrected chi connectivity index (χ1v) is 7.07. The third kappa shape index (κ3) is 3.18.